The summed E-state index contributed by atoms with van der Waals surface area (Å²) in [6.07, 6.45) is 7.69. The number of ether oxygens (including phenoxy) is 1. The molecule has 8 heteroatoms. The third-order valence-corrected chi connectivity index (χ3v) is 7.47. The largest absolute Gasteiger partial charge is 0.497 e. The highest BCUT2D eigenvalue weighted by atomic mass is 16.5. The van der Waals surface area contributed by atoms with E-state index in [-0.39, 0.29) is 30.4 Å². The number of rotatable bonds is 10. The Balaban J connectivity index is 1.45. The monoisotopic (exact) mass is 471 g/mol. The molecule has 0 radical (unpaired) electrons. The van der Waals surface area contributed by atoms with E-state index in [1.807, 2.05) is 19.2 Å². The van der Waals surface area contributed by atoms with E-state index >= 15 is 0 Å². The summed E-state index contributed by atoms with van der Waals surface area (Å²) in [5.41, 5.74) is 1.08. The Labute approximate surface area is 204 Å². The van der Waals surface area contributed by atoms with Crippen LogP contribution in [0.15, 0.2) is 24.3 Å². The molecular weight excluding hydrogens is 430 g/mol. The van der Waals surface area contributed by atoms with Crippen molar-refractivity contribution in [2.24, 2.45) is 5.92 Å². The molecule has 4 atom stereocenters. The average molecular weight is 472 g/mol. The lowest BCUT2D eigenvalue weighted by Crippen LogP contribution is -2.66. The van der Waals surface area contributed by atoms with Gasteiger partial charge in [0.2, 0.25) is 0 Å². The molecule has 3 saturated heterocycles. The molecule has 0 aromatic heterocycles. The van der Waals surface area contributed by atoms with Crippen LogP contribution in [-0.2, 0) is 4.79 Å². The maximum atomic E-state index is 13.6. The molecule has 3 aliphatic rings. The Morgan fingerprint density at radius 3 is 2.35 bits per heavy atom. The first-order valence-electron chi connectivity index (χ1n) is 13.0. The number of likely N-dealkylation sites (N-methyl/N-ethyl adjacent to an activating group) is 1. The van der Waals surface area contributed by atoms with Gasteiger partial charge in [-0.15, -0.1) is 0 Å². The van der Waals surface area contributed by atoms with Crippen molar-refractivity contribution in [3.63, 3.8) is 0 Å². The molecule has 4 unspecified atom stereocenters. The predicted molar refractivity (Wildman–Crippen MR) is 134 cm³/mol. The van der Waals surface area contributed by atoms with Gasteiger partial charge in [0.1, 0.15) is 24.2 Å². The maximum absolute atomic E-state index is 13.6. The van der Waals surface area contributed by atoms with E-state index < -0.39 is 0 Å². The number of nitrogens with zero attached hydrogens (tertiary/aromatic N) is 4. The van der Waals surface area contributed by atoms with Crippen LogP contribution in [0.2, 0.25) is 0 Å². The van der Waals surface area contributed by atoms with Crippen LogP contribution in [0.3, 0.4) is 0 Å². The van der Waals surface area contributed by atoms with Gasteiger partial charge < -0.3 is 14.5 Å². The number of urea groups is 1. The number of imide groups is 1. The molecular formula is C26H41N5O3. The number of amides is 3. The number of nitrogens with one attached hydrogen (secondary N) is 1. The van der Waals surface area contributed by atoms with Gasteiger partial charge in [-0.2, -0.15) is 0 Å². The van der Waals surface area contributed by atoms with Crippen molar-refractivity contribution in [2.75, 3.05) is 38.7 Å². The molecule has 1 aromatic rings. The van der Waals surface area contributed by atoms with Crippen LogP contribution < -0.4 is 15.0 Å². The van der Waals surface area contributed by atoms with Gasteiger partial charge in [-0.05, 0) is 36.6 Å². The summed E-state index contributed by atoms with van der Waals surface area (Å²) in [7, 11) is 3.48. The second-order valence-electron chi connectivity index (χ2n) is 10.1. The number of unbranched alkanes of at least 4 members (excludes halogenated alkanes) is 6. The molecule has 34 heavy (non-hydrogen) atoms. The van der Waals surface area contributed by atoms with Crippen LogP contribution in [0.1, 0.15) is 58.8 Å². The van der Waals surface area contributed by atoms with Crippen LogP contribution in [-0.4, -0.2) is 78.9 Å². The van der Waals surface area contributed by atoms with E-state index in [0.29, 0.717) is 12.5 Å². The normalized spacial score (nSPS) is 27.2. The number of fused-ring (bicyclic) bond motifs is 3. The lowest BCUT2D eigenvalue weighted by Gasteiger charge is -2.46. The summed E-state index contributed by atoms with van der Waals surface area (Å²) in [5.74, 6) is 1.16. The smallest absolute Gasteiger partial charge is 0.327 e. The second-order valence-corrected chi connectivity index (χ2v) is 10.1. The fraction of sp³-hybridized carbons (Fsp3) is 0.692. The maximum Gasteiger partial charge on any atom is 0.327 e. The zero-order chi connectivity index (χ0) is 24.2. The van der Waals surface area contributed by atoms with E-state index in [1.54, 1.807) is 12.0 Å². The van der Waals surface area contributed by atoms with Gasteiger partial charge in [0.05, 0.1) is 7.11 Å². The lowest BCUT2D eigenvalue weighted by molar-refractivity contribution is -0.138. The highest BCUT2D eigenvalue weighted by Crippen LogP contribution is 2.35. The highest BCUT2D eigenvalue weighted by molar-refractivity contribution is 6.00. The first-order valence-corrected chi connectivity index (χ1v) is 13.0. The van der Waals surface area contributed by atoms with Gasteiger partial charge in [-0.3, -0.25) is 19.9 Å². The first kappa shape index (κ1) is 24.8. The predicted octanol–water partition coefficient (Wildman–Crippen LogP) is 3.68. The first-order chi connectivity index (χ1) is 16.5. The van der Waals surface area contributed by atoms with E-state index in [4.69, 9.17) is 4.74 Å². The third kappa shape index (κ3) is 4.89. The van der Waals surface area contributed by atoms with Gasteiger partial charge in [0.25, 0.3) is 5.91 Å². The van der Waals surface area contributed by atoms with Crippen molar-refractivity contribution in [1.29, 1.82) is 0 Å². The fourth-order valence-electron chi connectivity index (χ4n) is 5.63. The molecule has 3 heterocycles. The Morgan fingerprint density at radius 2 is 1.68 bits per heavy atom. The van der Waals surface area contributed by atoms with Gasteiger partial charge in [0, 0.05) is 32.4 Å². The third-order valence-electron chi connectivity index (χ3n) is 7.47. The molecule has 0 bridgehead atoms. The van der Waals surface area contributed by atoms with Gasteiger partial charge >= 0.3 is 6.03 Å². The van der Waals surface area contributed by atoms with Crippen molar-refractivity contribution in [1.82, 2.24) is 20.0 Å². The van der Waals surface area contributed by atoms with E-state index in [1.165, 1.54) is 37.0 Å². The Hall–Kier alpha value is -2.32. The number of hydrogen-bond donors (Lipinski definition) is 1. The van der Waals surface area contributed by atoms with Crippen LogP contribution in [0.4, 0.5) is 10.5 Å². The molecule has 1 aromatic carbocycles. The lowest BCUT2D eigenvalue weighted by atomic mass is 10.0. The minimum Gasteiger partial charge on any atom is -0.497 e. The molecule has 0 saturated carbocycles. The summed E-state index contributed by atoms with van der Waals surface area (Å²) < 4.78 is 5.32. The molecule has 4 rings (SSSR count). The van der Waals surface area contributed by atoms with E-state index in [2.05, 4.69) is 41.1 Å². The minimum absolute atomic E-state index is 0.0575. The standard InChI is InChI=1S/C26H41N5O3/c1-5-6-7-8-9-10-11-16-29-24(32)22-23(28(3)26(29)33)27-25-30(17-19(2)18-31(22)25)20-12-14-21(34-4)15-13-20/h12-15,19,22-23,25,27H,5-11,16-18H2,1-4H3. The Kier molecular flexibility index (Phi) is 7.99. The van der Waals surface area contributed by atoms with Crippen LogP contribution in [0.5, 0.6) is 5.75 Å². The highest BCUT2D eigenvalue weighted by Gasteiger charge is 2.56. The zero-order valence-corrected chi connectivity index (χ0v) is 21.2. The van der Waals surface area contributed by atoms with Crippen molar-refractivity contribution in [3.05, 3.63) is 24.3 Å². The Bertz CT molecular complexity index is 847. The van der Waals surface area contributed by atoms with Crippen molar-refractivity contribution in [3.8, 4) is 5.75 Å². The average Bonchev–Trinajstić information content (AvgIpc) is 3.23. The Morgan fingerprint density at radius 1 is 1.00 bits per heavy atom. The molecule has 3 amide bonds. The number of anilines is 1. The quantitative estimate of drug-likeness (QED) is 0.525. The van der Waals surface area contributed by atoms with E-state index in [0.717, 1.165) is 37.4 Å². The summed E-state index contributed by atoms with van der Waals surface area (Å²) in [5, 5.41) is 3.60. The topological polar surface area (TPSA) is 68.4 Å². The van der Waals surface area contributed by atoms with Crippen molar-refractivity contribution >= 4 is 17.6 Å². The second kappa shape index (κ2) is 11.0. The number of carbonyl (C=O) groups excluding carboxylic acids is 2. The van der Waals surface area contributed by atoms with Gasteiger partial charge in [-0.1, -0.05) is 52.4 Å². The summed E-state index contributed by atoms with van der Waals surface area (Å²) >= 11 is 0. The molecule has 8 nitrogen and oxygen atoms in total. The molecule has 0 aliphatic carbocycles. The molecule has 0 spiro atoms. The van der Waals surface area contributed by atoms with Crippen molar-refractivity contribution < 1.29 is 14.3 Å². The number of methoxy groups -OCH3 is 1. The minimum atomic E-state index is -0.360. The molecule has 3 aliphatic heterocycles. The van der Waals surface area contributed by atoms with Gasteiger partial charge in [0.15, 0.2) is 0 Å². The van der Waals surface area contributed by atoms with Crippen molar-refractivity contribution in [2.45, 2.75) is 77.3 Å². The molecule has 1 N–H and O–H groups in total. The number of benzene rings is 1. The molecule has 3 fully saturated rings. The summed E-state index contributed by atoms with van der Waals surface area (Å²) in [6, 6.07) is 7.50. The SMILES string of the molecule is CCCCCCCCCN1C(=O)C2C(NC3N(c4ccc(OC)cc4)CC(C)CN23)N(C)C1=O. The molecule has 188 valence electrons. The summed E-state index contributed by atoms with van der Waals surface area (Å²) in [4.78, 5) is 34.5. The number of carbonyl (C=O) groups is 2. The van der Waals surface area contributed by atoms with Crippen LogP contribution in [0.25, 0.3) is 0 Å². The van der Waals surface area contributed by atoms with E-state index in [9.17, 15) is 9.59 Å². The summed E-state index contributed by atoms with van der Waals surface area (Å²) in [6.45, 7) is 6.66. The number of hydrogen-bond acceptors (Lipinski definition) is 6. The fourth-order valence-corrected chi connectivity index (χ4v) is 5.63. The zero-order valence-electron chi connectivity index (χ0n) is 21.2. The van der Waals surface area contributed by atoms with Gasteiger partial charge in [-0.25, -0.2) is 4.79 Å². The van der Waals surface area contributed by atoms with Crippen LogP contribution in [0, 0.1) is 5.92 Å². The van der Waals surface area contributed by atoms with Crippen LogP contribution >= 0.6 is 0 Å².